The van der Waals surface area contributed by atoms with Gasteiger partial charge in [-0.15, -0.1) is 0 Å². The Morgan fingerprint density at radius 1 is 1.14 bits per heavy atom. The molecule has 28 heavy (non-hydrogen) atoms. The minimum absolute atomic E-state index is 0.209. The van der Waals surface area contributed by atoms with Crippen molar-refractivity contribution in [3.63, 3.8) is 0 Å². The lowest BCUT2D eigenvalue weighted by molar-refractivity contribution is -0.127. The molecule has 0 spiro atoms. The molecule has 2 aromatic rings. The van der Waals surface area contributed by atoms with Gasteiger partial charge in [0.1, 0.15) is 23.3 Å². The molecule has 0 fully saturated rings. The van der Waals surface area contributed by atoms with Crippen LogP contribution in [0, 0.1) is 0 Å². The average molecular weight is 384 g/mol. The Bertz CT molecular complexity index is 844. The number of aldehydes is 1. The summed E-state index contributed by atoms with van der Waals surface area (Å²) >= 11 is 0. The largest absolute Gasteiger partial charge is 0.497 e. The lowest BCUT2D eigenvalue weighted by atomic mass is 9.98. The summed E-state index contributed by atoms with van der Waals surface area (Å²) in [7, 11) is 1.55. The Hall–Kier alpha value is -2.86. The van der Waals surface area contributed by atoms with Crippen LogP contribution in [0.15, 0.2) is 42.5 Å². The van der Waals surface area contributed by atoms with Gasteiger partial charge in [-0.3, -0.25) is 0 Å². The lowest BCUT2D eigenvalue weighted by Crippen LogP contribution is -2.39. The quantitative estimate of drug-likeness (QED) is 0.511. The number of hydrogen-bond donors (Lipinski definition) is 0. The normalized spacial score (nSPS) is 15.8. The van der Waals surface area contributed by atoms with Crippen molar-refractivity contribution in [2.24, 2.45) is 0 Å². The van der Waals surface area contributed by atoms with E-state index in [1.54, 1.807) is 33.1 Å². The van der Waals surface area contributed by atoms with E-state index in [0.717, 1.165) is 11.8 Å². The molecule has 6 nitrogen and oxygen atoms in total. The maximum absolute atomic E-state index is 12.6. The van der Waals surface area contributed by atoms with Gasteiger partial charge in [0.05, 0.1) is 19.8 Å². The molecule has 6 heteroatoms. The lowest BCUT2D eigenvalue weighted by Gasteiger charge is -2.33. The first-order valence-electron chi connectivity index (χ1n) is 9.14. The van der Waals surface area contributed by atoms with Crippen molar-refractivity contribution >= 4 is 12.3 Å². The second-order valence-electron chi connectivity index (χ2n) is 7.08. The molecule has 0 amide bonds. The van der Waals surface area contributed by atoms with Crippen LogP contribution in [0.5, 0.6) is 11.5 Å². The maximum Gasteiger partial charge on any atom is 0.345 e. The van der Waals surface area contributed by atoms with Crippen molar-refractivity contribution < 1.29 is 28.5 Å². The molecule has 1 heterocycles. The number of fused-ring (bicyclic) bond motifs is 1. The molecular weight excluding hydrogens is 360 g/mol. The van der Waals surface area contributed by atoms with Crippen LogP contribution in [0.25, 0.3) is 0 Å². The highest BCUT2D eigenvalue weighted by Crippen LogP contribution is 2.37. The molecule has 0 bridgehead atoms. The molecule has 3 rings (SSSR count). The van der Waals surface area contributed by atoms with E-state index in [4.69, 9.17) is 18.9 Å². The van der Waals surface area contributed by atoms with E-state index >= 15 is 0 Å². The second kappa shape index (κ2) is 8.44. The van der Waals surface area contributed by atoms with E-state index in [9.17, 15) is 9.59 Å². The van der Waals surface area contributed by atoms with Gasteiger partial charge in [-0.2, -0.15) is 0 Å². The van der Waals surface area contributed by atoms with Crippen LogP contribution in [0.4, 0.5) is 0 Å². The number of cyclic esters (lactones) is 1. The van der Waals surface area contributed by atoms with E-state index in [1.165, 1.54) is 0 Å². The average Bonchev–Trinajstić information content (AvgIpc) is 2.65. The van der Waals surface area contributed by atoms with Crippen molar-refractivity contribution in [1.29, 1.82) is 0 Å². The monoisotopic (exact) mass is 384 g/mol. The Morgan fingerprint density at radius 3 is 2.57 bits per heavy atom. The van der Waals surface area contributed by atoms with E-state index < -0.39 is 17.9 Å². The van der Waals surface area contributed by atoms with Crippen LogP contribution < -0.4 is 9.47 Å². The van der Waals surface area contributed by atoms with Gasteiger partial charge in [-0.25, -0.2) is 4.79 Å². The highest BCUT2D eigenvalue weighted by atomic mass is 16.7. The van der Waals surface area contributed by atoms with E-state index in [2.05, 4.69) is 0 Å². The minimum atomic E-state index is -1.06. The fourth-order valence-corrected chi connectivity index (χ4v) is 3.15. The fraction of sp³-hybridized carbons (Fsp3) is 0.364. The van der Waals surface area contributed by atoms with Crippen molar-refractivity contribution in [3.05, 3.63) is 59.2 Å². The SMILES string of the molecule is COc1cc(C[C@@H](CC=O)OCc2ccccc2)c2c(c1)OC(C)(C)OC2=O. The van der Waals surface area contributed by atoms with Gasteiger partial charge in [0.2, 0.25) is 5.79 Å². The Kier molecular flexibility index (Phi) is 5.99. The van der Waals surface area contributed by atoms with E-state index in [1.807, 2.05) is 30.3 Å². The summed E-state index contributed by atoms with van der Waals surface area (Å²) in [5, 5.41) is 0. The number of methoxy groups -OCH3 is 1. The zero-order chi connectivity index (χ0) is 20.1. The highest BCUT2D eigenvalue weighted by Gasteiger charge is 2.36. The number of carbonyl (C=O) groups excluding carboxylic acids is 2. The van der Waals surface area contributed by atoms with Crippen LogP contribution in [0.2, 0.25) is 0 Å². The summed E-state index contributed by atoms with van der Waals surface area (Å²) in [6.07, 6.45) is 0.987. The van der Waals surface area contributed by atoms with Crippen LogP contribution in [0.1, 0.15) is 41.8 Å². The van der Waals surface area contributed by atoms with Gasteiger partial charge in [0.25, 0.3) is 0 Å². The molecular formula is C22H24O6. The zero-order valence-electron chi connectivity index (χ0n) is 16.3. The third-order valence-electron chi connectivity index (χ3n) is 4.43. The molecule has 0 N–H and O–H groups in total. The second-order valence-corrected chi connectivity index (χ2v) is 7.08. The summed E-state index contributed by atoms with van der Waals surface area (Å²) in [5.74, 6) is -0.549. The summed E-state index contributed by atoms with van der Waals surface area (Å²) < 4.78 is 22.5. The molecule has 0 saturated carbocycles. The predicted molar refractivity (Wildman–Crippen MR) is 103 cm³/mol. The van der Waals surface area contributed by atoms with Crippen LogP contribution in [0.3, 0.4) is 0 Å². The Balaban J connectivity index is 1.86. The third kappa shape index (κ3) is 4.70. The Labute approximate surface area is 164 Å². The van der Waals surface area contributed by atoms with Crippen LogP contribution in [-0.4, -0.2) is 31.3 Å². The summed E-state index contributed by atoms with van der Waals surface area (Å²) in [4.78, 5) is 23.7. The molecule has 1 aliphatic rings. The molecule has 2 aromatic carbocycles. The summed E-state index contributed by atoms with van der Waals surface area (Å²) in [5.41, 5.74) is 2.02. The molecule has 0 saturated heterocycles. The third-order valence-corrected chi connectivity index (χ3v) is 4.43. The number of esters is 1. The molecule has 1 atom stereocenters. The molecule has 0 aliphatic carbocycles. The van der Waals surface area contributed by atoms with Gasteiger partial charge < -0.3 is 23.7 Å². The first-order valence-corrected chi connectivity index (χ1v) is 9.14. The van der Waals surface area contributed by atoms with E-state index in [0.29, 0.717) is 35.7 Å². The van der Waals surface area contributed by atoms with Gasteiger partial charge in [-0.05, 0) is 17.2 Å². The van der Waals surface area contributed by atoms with Crippen LogP contribution >= 0.6 is 0 Å². The van der Waals surface area contributed by atoms with Gasteiger partial charge in [0, 0.05) is 32.8 Å². The standard InChI is InChI=1S/C22H24O6/c1-22(2)27-19-13-18(25-3)12-16(20(19)21(24)28-22)11-17(9-10-23)26-14-15-7-5-4-6-8-15/h4-8,10,12-13,17H,9,11,14H2,1-3H3/t17-/m1/s1. The zero-order valence-corrected chi connectivity index (χ0v) is 16.3. The Morgan fingerprint density at radius 2 is 1.89 bits per heavy atom. The van der Waals surface area contributed by atoms with Crippen LogP contribution in [-0.2, 0) is 27.3 Å². The number of benzene rings is 2. The molecule has 0 radical (unpaired) electrons. The van der Waals surface area contributed by atoms with Crippen molar-refractivity contribution in [2.75, 3.05) is 7.11 Å². The minimum Gasteiger partial charge on any atom is -0.497 e. The number of hydrogen-bond acceptors (Lipinski definition) is 6. The molecule has 1 aliphatic heterocycles. The predicted octanol–water partition coefficient (Wildman–Crippen LogP) is 3.70. The molecule has 148 valence electrons. The maximum atomic E-state index is 12.6. The molecule has 0 unspecified atom stereocenters. The fourth-order valence-electron chi connectivity index (χ4n) is 3.15. The summed E-state index contributed by atoms with van der Waals surface area (Å²) in [6.45, 7) is 3.72. The summed E-state index contributed by atoms with van der Waals surface area (Å²) in [6, 6.07) is 13.1. The van der Waals surface area contributed by atoms with Crippen molar-refractivity contribution in [2.45, 2.75) is 45.2 Å². The number of rotatable bonds is 8. The van der Waals surface area contributed by atoms with Gasteiger partial charge >= 0.3 is 5.97 Å². The molecule has 0 aromatic heterocycles. The van der Waals surface area contributed by atoms with E-state index in [-0.39, 0.29) is 6.42 Å². The van der Waals surface area contributed by atoms with Gasteiger partial charge in [-0.1, -0.05) is 30.3 Å². The van der Waals surface area contributed by atoms with Crippen molar-refractivity contribution in [1.82, 2.24) is 0 Å². The number of ether oxygens (including phenoxy) is 4. The first kappa shape index (κ1) is 19.9. The van der Waals surface area contributed by atoms with Gasteiger partial charge in [0.15, 0.2) is 0 Å². The highest BCUT2D eigenvalue weighted by molar-refractivity contribution is 5.95. The topological polar surface area (TPSA) is 71.1 Å². The first-order chi connectivity index (χ1) is 13.4. The number of carbonyl (C=O) groups is 2. The smallest absolute Gasteiger partial charge is 0.345 e. The van der Waals surface area contributed by atoms with Crippen molar-refractivity contribution in [3.8, 4) is 11.5 Å².